The number of amides is 2. The summed E-state index contributed by atoms with van der Waals surface area (Å²) in [6.07, 6.45) is 0. The second kappa shape index (κ2) is 8.71. The first kappa shape index (κ1) is 21.8. The maximum Gasteiger partial charge on any atom is 0.282 e. The summed E-state index contributed by atoms with van der Waals surface area (Å²) in [6.45, 7) is 7.38. The SMILES string of the molecule is CCN(C1=C(c2ccc(C)cc2C)C(=O)N(c2ccc3c(c2)OCCO3)C1=O)c1ccccc1. The summed E-state index contributed by atoms with van der Waals surface area (Å²) in [5, 5.41) is 0. The molecule has 0 N–H and O–H groups in total. The van der Waals surface area contributed by atoms with E-state index in [2.05, 4.69) is 0 Å². The highest BCUT2D eigenvalue weighted by molar-refractivity contribution is 6.46. The van der Waals surface area contributed by atoms with Gasteiger partial charge in [-0.05, 0) is 56.2 Å². The molecule has 6 nitrogen and oxygen atoms in total. The van der Waals surface area contributed by atoms with E-state index in [0.29, 0.717) is 48.2 Å². The van der Waals surface area contributed by atoms with Gasteiger partial charge in [-0.25, -0.2) is 4.90 Å². The summed E-state index contributed by atoms with van der Waals surface area (Å²) in [7, 11) is 0. The molecule has 34 heavy (non-hydrogen) atoms. The lowest BCUT2D eigenvalue weighted by atomic mass is 9.97. The van der Waals surface area contributed by atoms with Gasteiger partial charge in [-0.15, -0.1) is 0 Å². The molecule has 0 saturated carbocycles. The van der Waals surface area contributed by atoms with Gasteiger partial charge in [0.1, 0.15) is 18.9 Å². The van der Waals surface area contributed by atoms with Crippen LogP contribution in [0.25, 0.3) is 5.57 Å². The zero-order chi connectivity index (χ0) is 23.8. The van der Waals surface area contributed by atoms with Crippen LogP contribution in [0.5, 0.6) is 11.5 Å². The van der Waals surface area contributed by atoms with Crippen molar-refractivity contribution >= 4 is 28.8 Å². The van der Waals surface area contributed by atoms with Gasteiger partial charge in [-0.2, -0.15) is 0 Å². The number of anilines is 2. The van der Waals surface area contributed by atoms with Crippen LogP contribution in [0.15, 0.2) is 72.4 Å². The van der Waals surface area contributed by atoms with Crippen LogP contribution >= 0.6 is 0 Å². The Balaban J connectivity index is 1.68. The quantitative estimate of drug-likeness (QED) is 0.514. The average molecular weight is 455 g/mol. The number of aryl methyl sites for hydroxylation is 2. The van der Waals surface area contributed by atoms with Crippen LogP contribution in [-0.4, -0.2) is 31.6 Å². The fourth-order valence-corrected chi connectivity index (χ4v) is 4.59. The molecule has 0 aromatic heterocycles. The number of rotatable bonds is 5. The molecule has 172 valence electrons. The number of carbonyl (C=O) groups excluding carboxylic acids is 2. The highest BCUT2D eigenvalue weighted by Gasteiger charge is 2.43. The number of ether oxygens (including phenoxy) is 2. The monoisotopic (exact) mass is 454 g/mol. The smallest absolute Gasteiger partial charge is 0.282 e. The van der Waals surface area contributed by atoms with E-state index in [-0.39, 0.29) is 11.8 Å². The van der Waals surface area contributed by atoms with Gasteiger partial charge < -0.3 is 14.4 Å². The van der Waals surface area contributed by atoms with Gasteiger partial charge in [-0.1, -0.05) is 42.0 Å². The fraction of sp³-hybridized carbons (Fsp3) is 0.214. The van der Waals surface area contributed by atoms with Crippen molar-refractivity contribution in [3.63, 3.8) is 0 Å². The normalized spacial score (nSPS) is 15.2. The first-order valence-electron chi connectivity index (χ1n) is 11.4. The summed E-state index contributed by atoms with van der Waals surface area (Å²) in [6, 6.07) is 20.8. The van der Waals surface area contributed by atoms with E-state index in [1.165, 1.54) is 4.90 Å². The van der Waals surface area contributed by atoms with E-state index in [0.717, 1.165) is 22.4 Å². The van der Waals surface area contributed by atoms with Gasteiger partial charge in [0.15, 0.2) is 11.5 Å². The van der Waals surface area contributed by atoms with Crippen molar-refractivity contribution in [1.29, 1.82) is 0 Å². The van der Waals surface area contributed by atoms with Crippen molar-refractivity contribution in [1.82, 2.24) is 0 Å². The minimum atomic E-state index is -0.359. The number of imide groups is 1. The number of para-hydroxylation sites is 1. The molecule has 0 saturated heterocycles. The lowest BCUT2D eigenvalue weighted by molar-refractivity contribution is -0.120. The largest absolute Gasteiger partial charge is 0.486 e. The number of likely N-dealkylation sites (N-methyl/N-ethyl adjacent to an activating group) is 1. The Kier molecular flexibility index (Phi) is 5.57. The Bertz CT molecular complexity index is 1310. The molecule has 0 atom stereocenters. The molecule has 2 aliphatic rings. The van der Waals surface area contributed by atoms with Crippen molar-refractivity contribution in [2.45, 2.75) is 20.8 Å². The highest BCUT2D eigenvalue weighted by Crippen LogP contribution is 2.40. The number of hydrogen-bond acceptors (Lipinski definition) is 5. The van der Waals surface area contributed by atoms with E-state index >= 15 is 0 Å². The van der Waals surface area contributed by atoms with E-state index in [9.17, 15) is 9.59 Å². The minimum Gasteiger partial charge on any atom is -0.486 e. The summed E-state index contributed by atoms with van der Waals surface area (Å²) < 4.78 is 11.3. The number of nitrogens with zero attached hydrogens (tertiary/aromatic N) is 2. The molecule has 2 aliphatic heterocycles. The Labute approximate surface area is 199 Å². The molecule has 0 aliphatic carbocycles. The standard InChI is InChI=1S/C28H26N2O4/c1-4-29(20-8-6-5-7-9-20)26-25(22-12-10-18(2)16-19(22)3)27(31)30(28(26)32)21-11-13-23-24(17-21)34-15-14-33-23/h5-13,16-17H,4,14-15H2,1-3H3. The van der Waals surface area contributed by atoms with Crippen molar-refractivity contribution in [3.05, 3.63) is 89.1 Å². The van der Waals surface area contributed by atoms with Gasteiger partial charge in [0.05, 0.1) is 11.3 Å². The third-order valence-corrected chi connectivity index (χ3v) is 6.15. The van der Waals surface area contributed by atoms with Crippen LogP contribution in [-0.2, 0) is 9.59 Å². The third-order valence-electron chi connectivity index (χ3n) is 6.15. The molecule has 6 heteroatoms. The molecule has 2 amide bonds. The predicted molar refractivity (Wildman–Crippen MR) is 132 cm³/mol. The van der Waals surface area contributed by atoms with Gasteiger partial charge in [-0.3, -0.25) is 9.59 Å². The van der Waals surface area contributed by atoms with Crippen molar-refractivity contribution < 1.29 is 19.1 Å². The van der Waals surface area contributed by atoms with Gasteiger partial charge in [0, 0.05) is 18.3 Å². The summed E-state index contributed by atoms with van der Waals surface area (Å²) in [5.41, 5.74) is 4.89. The molecule has 5 rings (SSSR count). The third kappa shape index (κ3) is 3.61. The Morgan fingerprint density at radius 1 is 0.853 bits per heavy atom. The van der Waals surface area contributed by atoms with Crippen LogP contribution in [0.2, 0.25) is 0 Å². The summed E-state index contributed by atoms with van der Waals surface area (Å²) >= 11 is 0. The Morgan fingerprint density at radius 2 is 1.59 bits per heavy atom. The summed E-state index contributed by atoms with van der Waals surface area (Å²) in [4.78, 5) is 31.0. The van der Waals surface area contributed by atoms with Gasteiger partial charge in [0.25, 0.3) is 11.8 Å². The number of fused-ring (bicyclic) bond motifs is 1. The number of carbonyl (C=O) groups is 2. The van der Waals surface area contributed by atoms with Gasteiger partial charge in [0.2, 0.25) is 0 Å². The van der Waals surface area contributed by atoms with Crippen LogP contribution in [0.3, 0.4) is 0 Å². The molecule has 0 fully saturated rings. The second-order valence-corrected chi connectivity index (χ2v) is 8.40. The van der Waals surface area contributed by atoms with Crippen molar-refractivity contribution in [2.75, 3.05) is 29.6 Å². The number of hydrogen-bond donors (Lipinski definition) is 0. The van der Waals surface area contributed by atoms with Gasteiger partial charge >= 0.3 is 0 Å². The van der Waals surface area contributed by atoms with Crippen LogP contribution < -0.4 is 19.3 Å². The van der Waals surface area contributed by atoms with E-state index in [4.69, 9.17) is 9.47 Å². The first-order chi connectivity index (χ1) is 16.5. The lowest BCUT2D eigenvalue weighted by Gasteiger charge is -2.25. The molecular formula is C28H26N2O4. The molecule has 3 aromatic rings. The molecule has 3 aromatic carbocycles. The topological polar surface area (TPSA) is 59.1 Å². The zero-order valence-electron chi connectivity index (χ0n) is 19.5. The van der Waals surface area contributed by atoms with E-state index in [1.54, 1.807) is 18.2 Å². The van der Waals surface area contributed by atoms with E-state index in [1.807, 2.05) is 74.2 Å². The maximum atomic E-state index is 14.0. The van der Waals surface area contributed by atoms with Crippen LogP contribution in [0.4, 0.5) is 11.4 Å². The molecule has 0 radical (unpaired) electrons. The van der Waals surface area contributed by atoms with Crippen LogP contribution in [0, 0.1) is 13.8 Å². The zero-order valence-corrected chi connectivity index (χ0v) is 19.5. The molecule has 0 spiro atoms. The number of benzene rings is 3. The molecule has 0 bridgehead atoms. The average Bonchev–Trinajstić information content (AvgIpc) is 3.10. The molecular weight excluding hydrogens is 428 g/mol. The van der Waals surface area contributed by atoms with Crippen molar-refractivity contribution in [3.8, 4) is 11.5 Å². The van der Waals surface area contributed by atoms with E-state index < -0.39 is 0 Å². The van der Waals surface area contributed by atoms with Crippen LogP contribution in [0.1, 0.15) is 23.6 Å². The first-order valence-corrected chi connectivity index (χ1v) is 11.4. The maximum absolute atomic E-state index is 14.0. The fourth-order valence-electron chi connectivity index (χ4n) is 4.59. The lowest BCUT2D eigenvalue weighted by Crippen LogP contribution is -2.35. The Hall–Kier alpha value is -4.06. The Morgan fingerprint density at radius 3 is 2.29 bits per heavy atom. The molecule has 2 heterocycles. The summed E-state index contributed by atoms with van der Waals surface area (Å²) in [5.74, 6) is 0.429. The van der Waals surface area contributed by atoms with Crippen molar-refractivity contribution in [2.24, 2.45) is 0 Å². The molecule has 0 unspecified atom stereocenters. The highest BCUT2D eigenvalue weighted by atomic mass is 16.6. The minimum absolute atomic E-state index is 0.349. The predicted octanol–water partition coefficient (Wildman–Crippen LogP) is 4.89. The second-order valence-electron chi connectivity index (χ2n) is 8.40.